The Bertz CT molecular complexity index is 682. The Morgan fingerprint density at radius 1 is 1.22 bits per heavy atom. The highest BCUT2D eigenvalue weighted by Gasteiger charge is 2.26. The summed E-state index contributed by atoms with van der Waals surface area (Å²) in [7, 11) is 0. The van der Waals surface area contributed by atoms with Gasteiger partial charge in [-0.3, -0.25) is 0 Å². The first-order valence-corrected chi connectivity index (χ1v) is 5.62. The number of rotatable bonds is 1. The molecule has 0 saturated heterocycles. The Morgan fingerprint density at radius 3 is 2.67 bits per heavy atom. The largest absolute Gasteiger partial charge is 0.478 e. The molecule has 3 nitrogen and oxygen atoms in total. The van der Waals surface area contributed by atoms with Crippen LogP contribution in [0.2, 0.25) is 0 Å². The van der Waals surface area contributed by atoms with Crippen LogP contribution in [0.5, 0.6) is 0 Å². The monoisotopic (exact) mass is 249 g/mol. The van der Waals surface area contributed by atoms with Gasteiger partial charge in [-0.1, -0.05) is 0 Å². The van der Waals surface area contributed by atoms with Crippen molar-refractivity contribution in [2.24, 2.45) is 0 Å². The molecule has 0 aliphatic heterocycles. The molecular weight excluding hydrogens is 240 g/mol. The van der Waals surface area contributed by atoms with Gasteiger partial charge in [-0.05, 0) is 37.0 Å². The number of fused-ring (bicyclic) bond motifs is 2. The molecule has 92 valence electrons. The first-order chi connectivity index (χ1) is 8.59. The molecule has 0 spiro atoms. The summed E-state index contributed by atoms with van der Waals surface area (Å²) in [4.78, 5) is 15.4. The number of hydrogen-bond acceptors (Lipinski definition) is 2. The van der Waals surface area contributed by atoms with E-state index in [1.807, 2.05) is 0 Å². The zero-order valence-corrected chi connectivity index (χ0v) is 9.33. The molecule has 18 heavy (non-hydrogen) atoms. The van der Waals surface area contributed by atoms with E-state index in [1.54, 1.807) is 0 Å². The number of benzene rings is 1. The summed E-state index contributed by atoms with van der Waals surface area (Å²) >= 11 is 0. The second-order valence-electron chi connectivity index (χ2n) is 4.32. The molecule has 1 aliphatic carbocycles. The Kier molecular flexibility index (Phi) is 2.29. The third-order valence-electron chi connectivity index (χ3n) is 3.28. The number of carboxylic acids is 1. The molecule has 0 radical (unpaired) electrons. The molecule has 2 aromatic rings. The van der Waals surface area contributed by atoms with Gasteiger partial charge in [-0.25, -0.2) is 18.6 Å². The lowest BCUT2D eigenvalue weighted by molar-refractivity contribution is 0.0697. The van der Waals surface area contributed by atoms with Crippen LogP contribution in [0.15, 0.2) is 12.1 Å². The lowest BCUT2D eigenvalue weighted by Crippen LogP contribution is -2.07. The Balaban J connectivity index is 2.54. The molecule has 0 fully saturated rings. The maximum absolute atomic E-state index is 13.8. The third-order valence-corrected chi connectivity index (χ3v) is 3.28. The van der Waals surface area contributed by atoms with E-state index in [0.717, 1.165) is 18.6 Å². The molecular formula is C13H9F2NO2. The van der Waals surface area contributed by atoms with E-state index in [4.69, 9.17) is 0 Å². The number of aromatic carboxylic acids is 1. The number of halogens is 2. The van der Waals surface area contributed by atoms with Crippen LogP contribution in [0.3, 0.4) is 0 Å². The highest BCUT2D eigenvalue weighted by molar-refractivity contribution is 6.04. The smallest absolute Gasteiger partial charge is 0.336 e. The van der Waals surface area contributed by atoms with Gasteiger partial charge in [0.1, 0.15) is 17.2 Å². The van der Waals surface area contributed by atoms with Crippen molar-refractivity contribution in [1.29, 1.82) is 0 Å². The van der Waals surface area contributed by atoms with Crippen molar-refractivity contribution in [3.05, 3.63) is 40.6 Å². The number of carboxylic acid groups (broad SMARTS) is 1. The molecule has 0 bridgehead atoms. The summed E-state index contributed by atoms with van der Waals surface area (Å²) < 4.78 is 27.4. The van der Waals surface area contributed by atoms with Crippen LogP contribution in [-0.4, -0.2) is 16.1 Å². The van der Waals surface area contributed by atoms with Crippen LogP contribution in [0.1, 0.15) is 28.0 Å². The van der Waals surface area contributed by atoms with E-state index in [-0.39, 0.29) is 16.5 Å². The van der Waals surface area contributed by atoms with Gasteiger partial charge in [0.2, 0.25) is 0 Å². The summed E-state index contributed by atoms with van der Waals surface area (Å²) in [5.74, 6) is -2.67. The summed E-state index contributed by atoms with van der Waals surface area (Å²) in [6.07, 6.45) is 1.93. The fourth-order valence-corrected chi connectivity index (χ4v) is 2.53. The van der Waals surface area contributed by atoms with E-state index in [1.165, 1.54) is 0 Å². The molecule has 3 rings (SSSR count). The number of aromatic nitrogens is 1. The van der Waals surface area contributed by atoms with E-state index in [0.29, 0.717) is 24.1 Å². The minimum Gasteiger partial charge on any atom is -0.478 e. The second-order valence-corrected chi connectivity index (χ2v) is 4.32. The minimum absolute atomic E-state index is 0.135. The molecule has 1 aromatic heterocycles. The van der Waals surface area contributed by atoms with Crippen molar-refractivity contribution in [3.8, 4) is 0 Å². The maximum Gasteiger partial charge on any atom is 0.336 e. The first kappa shape index (κ1) is 11.1. The minimum atomic E-state index is -1.23. The summed E-state index contributed by atoms with van der Waals surface area (Å²) in [6, 6.07) is 1.91. The predicted octanol–water partition coefficient (Wildman–Crippen LogP) is 2.70. The number of aryl methyl sites for hydroxylation is 1. The van der Waals surface area contributed by atoms with Gasteiger partial charge in [0.05, 0.1) is 10.9 Å². The topological polar surface area (TPSA) is 50.2 Å². The first-order valence-electron chi connectivity index (χ1n) is 5.62. The van der Waals surface area contributed by atoms with Gasteiger partial charge >= 0.3 is 5.97 Å². The zero-order chi connectivity index (χ0) is 12.9. The number of hydrogen-bond donors (Lipinski definition) is 1. The van der Waals surface area contributed by atoms with Gasteiger partial charge in [0.15, 0.2) is 0 Å². The fourth-order valence-electron chi connectivity index (χ4n) is 2.53. The Morgan fingerprint density at radius 2 is 1.94 bits per heavy atom. The molecule has 1 heterocycles. The second kappa shape index (κ2) is 3.73. The molecule has 0 unspecified atom stereocenters. The van der Waals surface area contributed by atoms with Gasteiger partial charge in [-0.15, -0.1) is 0 Å². The highest BCUT2D eigenvalue weighted by Crippen LogP contribution is 2.32. The summed E-state index contributed by atoms with van der Waals surface area (Å²) in [5.41, 5.74) is 0.793. The van der Waals surface area contributed by atoms with Crippen molar-refractivity contribution in [1.82, 2.24) is 4.98 Å². The van der Waals surface area contributed by atoms with Crippen molar-refractivity contribution in [2.75, 3.05) is 0 Å². The fraction of sp³-hybridized carbons (Fsp3) is 0.231. The van der Waals surface area contributed by atoms with Crippen LogP contribution in [0, 0.1) is 11.6 Å². The molecule has 0 amide bonds. The average Bonchev–Trinajstić information content (AvgIpc) is 2.79. The quantitative estimate of drug-likeness (QED) is 0.845. The lowest BCUT2D eigenvalue weighted by atomic mass is 10.0. The van der Waals surface area contributed by atoms with Crippen molar-refractivity contribution in [3.63, 3.8) is 0 Å². The Hall–Kier alpha value is -2.04. The van der Waals surface area contributed by atoms with E-state index in [2.05, 4.69) is 4.98 Å². The van der Waals surface area contributed by atoms with E-state index >= 15 is 0 Å². The van der Waals surface area contributed by atoms with Crippen molar-refractivity contribution >= 4 is 16.9 Å². The standard InChI is InChI=1S/C13H9F2NO2/c14-7-4-5-8(15)12-11(7)10(13(17)18)6-2-1-3-9(6)16-12/h4-5H,1-3H2,(H,17,18). The number of nitrogens with zero attached hydrogens (tertiary/aromatic N) is 1. The molecule has 1 aliphatic rings. The highest BCUT2D eigenvalue weighted by atomic mass is 19.1. The van der Waals surface area contributed by atoms with Gasteiger partial charge in [-0.2, -0.15) is 0 Å². The molecule has 1 N–H and O–H groups in total. The van der Waals surface area contributed by atoms with Gasteiger partial charge in [0.25, 0.3) is 0 Å². The Labute approximate surface area is 101 Å². The van der Waals surface area contributed by atoms with Crippen LogP contribution in [0.25, 0.3) is 10.9 Å². The maximum atomic E-state index is 13.8. The van der Waals surface area contributed by atoms with Crippen molar-refractivity contribution in [2.45, 2.75) is 19.3 Å². The molecule has 0 saturated carbocycles. The average molecular weight is 249 g/mol. The normalized spacial score (nSPS) is 13.9. The van der Waals surface area contributed by atoms with Crippen LogP contribution >= 0.6 is 0 Å². The number of pyridine rings is 1. The van der Waals surface area contributed by atoms with E-state index < -0.39 is 17.6 Å². The molecule has 1 aromatic carbocycles. The summed E-state index contributed by atoms with van der Waals surface area (Å²) in [6.45, 7) is 0. The summed E-state index contributed by atoms with van der Waals surface area (Å²) in [5, 5.41) is 9.03. The predicted molar refractivity (Wildman–Crippen MR) is 60.6 cm³/mol. The van der Waals surface area contributed by atoms with E-state index in [9.17, 15) is 18.7 Å². The van der Waals surface area contributed by atoms with Gasteiger partial charge in [0, 0.05) is 5.69 Å². The number of carbonyl (C=O) groups is 1. The molecule has 5 heteroatoms. The third kappa shape index (κ3) is 1.40. The van der Waals surface area contributed by atoms with Crippen LogP contribution in [-0.2, 0) is 12.8 Å². The van der Waals surface area contributed by atoms with Gasteiger partial charge < -0.3 is 5.11 Å². The zero-order valence-electron chi connectivity index (χ0n) is 9.33. The van der Waals surface area contributed by atoms with Crippen LogP contribution in [0.4, 0.5) is 8.78 Å². The molecule has 0 atom stereocenters. The van der Waals surface area contributed by atoms with Crippen molar-refractivity contribution < 1.29 is 18.7 Å². The SMILES string of the molecule is O=C(O)c1c2c(nc3c(F)ccc(F)c13)CCC2. The van der Waals surface area contributed by atoms with Crippen LogP contribution < -0.4 is 0 Å². The lowest BCUT2D eigenvalue weighted by Gasteiger charge is -2.09.